The van der Waals surface area contributed by atoms with Gasteiger partial charge in [0.1, 0.15) is 7.85 Å². The fraction of sp³-hybridized carbons (Fsp3) is 0.857. The average Bonchev–Trinajstić information content (AvgIpc) is 1.85. The Morgan fingerprint density at radius 1 is 1.60 bits per heavy atom. The number of hydrogen-bond donors (Lipinski definition) is 0. The topological polar surface area (TPSA) is 26.3 Å². The maximum Gasteiger partial charge on any atom is 0.308 e. The molecule has 0 aliphatic rings. The van der Waals surface area contributed by atoms with Crippen molar-refractivity contribution >= 4 is 13.8 Å². The van der Waals surface area contributed by atoms with Crippen LogP contribution >= 0.6 is 0 Å². The molecule has 0 aromatic rings. The van der Waals surface area contributed by atoms with Crippen LogP contribution < -0.4 is 0 Å². The minimum absolute atomic E-state index is 0.0463. The number of methoxy groups -OCH3 is 1. The van der Waals surface area contributed by atoms with E-state index in [-0.39, 0.29) is 11.9 Å². The summed E-state index contributed by atoms with van der Waals surface area (Å²) >= 11 is 0. The summed E-state index contributed by atoms with van der Waals surface area (Å²) in [5.74, 6) is 0.507. The summed E-state index contributed by atoms with van der Waals surface area (Å²) in [4.78, 5) is 10.8. The highest BCUT2D eigenvalue weighted by Crippen LogP contribution is 2.13. The van der Waals surface area contributed by atoms with Crippen LogP contribution in [-0.2, 0) is 9.53 Å². The predicted octanol–water partition coefficient (Wildman–Crippen LogP) is 0.627. The van der Waals surface area contributed by atoms with Gasteiger partial charge < -0.3 is 4.74 Å². The third-order valence-corrected chi connectivity index (χ3v) is 1.43. The number of ether oxygens (including phenoxy) is 1. The summed E-state index contributed by atoms with van der Waals surface area (Å²) in [5, 5.41) is 0. The molecule has 0 heterocycles. The molecule has 0 aromatic carbocycles. The molecule has 0 fully saturated rings. The molecule has 0 amide bonds. The normalized spacial score (nSPS) is 15.9. The molecule has 10 heavy (non-hydrogen) atoms. The van der Waals surface area contributed by atoms with Crippen LogP contribution in [0, 0.1) is 5.92 Å². The maximum atomic E-state index is 10.8. The summed E-state index contributed by atoms with van der Waals surface area (Å²) in [5.41, 5.74) is 0. The summed E-state index contributed by atoms with van der Waals surface area (Å²) in [6, 6.07) is 0. The maximum absolute atomic E-state index is 10.8. The Bertz CT molecular complexity index is 112. The van der Waals surface area contributed by atoms with Crippen molar-refractivity contribution < 1.29 is 9.53 Å². The lowest BCUT2D eigenvalue weighted by atomic mass is 9.82. The van der Waals surface area contributed by atoms with Crippen LogP contribution in [-0.4, -0.2) is 20.9 Å². The molecule has 0 N–H and O–H groups in total. The van der Waals surface area contributed by atoms with E-state index in [1.54, 1.807) is 0 Å². The van der Waals surface area contributed by atoms with E-state index in [1.807, 2.05) is 6.92 Å². The fourth-order valence-corrected chi connectivity index (χ4v) is 1.00. The lowest BCUT2D eigenvalue weighted by molar-refractivity contribution is -0.145. The molecule has 0 rings (SSSR count). The van der Waals surface area contributed by atoms with Gasteiger partial charge in [0.25, 0.3) is 0 Å². The van der Waals surface area contributed by atoms with Crippen LogP contribution in [0.5, 0.6) is 0 Å². The van der Waals surface area contributed by atoms with Crippen molar-refractivity contribution in [1.82, 2.24) is 0 Å². The van der Waals surface area contributed by atoms with Gasteiger partial charge >= 0.3 is 5.97 Å². The first-order valence-corrected chi connectivity index (χ1v) is 3.65. The number of hydrogen-bond acceptors (Lipinski definition) is 2. The van der Waals surface area contributed by atoms with Gasteiger partial charge in [-0.1, -0.05) is 19.7 Å². The zero-order valence-corrected chi connectivity index (χ0v) is 7.18. The molecular formula is C7H15BO2. The van der Waals surface area contributed by atoms with Gasteiger partial charge in [0.05, 0.1) is 13.0 Å². The smallest absolute Gasteiger partial charge is 0.308 e. The van der Waals surface area contributed by atoms with E-state index < -0.39 is 0 Å². The Morgan fingerprint density at radius 3 is 2.40 bits per heavy atom. The van der Waals surface area contributed by atoms with Crippen LogP contribution in [0.2, 0.25) is 5.82 Å². The molecular weight excluding hydrogens is 127 g/mol. The first kappa shape index (κ1) is 9.53. The molecule has 0 spiro atoms. The quantitative estimate of drug-likeness (QED) is 0.426. The predicted molar refractivity (Wildman–Crippen MR) is 43.8 cm³/mol. The van der Waals surface area contributed by atoms with Crippen LogP contribution in [0.3, 0.4) is 0 Å². The third-order valence-electron chi connectivity index (χ3n) is 1.43. The van der Waals surface area contributed by atoms with Crippen molar-refractivity contribution in [2.75, 3.05) is 7.11 Å². The third kappa shape index (κ3) is 3.54. The molecule has 0 aromatic heterocycles. The highest BCUT2D eigenvalue weighted by molar-refractivity contribution is 6.11. The molecule has 0 aliphatic carbocycles. The molecule has 58 valence electrons. The van der Waals surface area contributed by atoms with Crippen LogP contribution in [0.25, 0.3) is 0 Å². The van der Waals surface area contributed by atoms with Gasteiger partial charge in [0.2, 0.25) is 0 Å². The first-order chi connectivity index (χ1) is 4.57. The molecule has 1 unspecified atom stereocenters. The Hall–Kier alpha value is -0.465. The van der Waals surface area contributed by atoms with E-state index >= 15 is 0 Å². The largest absolute Gasteiger partial charge is 0.469 e. The lowest BCUT2D eigenvalue weighted by Crippen LogP contribution is -2.13. The van der Waals surface area contributed by atoms with Crippen LogP contribution in [0.1, 0.15) is 20.3 Å². The fourth-order valence-electron chi connectivity index (χ4n) is 1.00. The van der Waals surface area contributed by atoms with Gasteiger partial charge in [0.15, 0.2) is 0 Å². The number of carbonyl (C=O) groups is 1. The summed E-state index contributed by atoms with van der Waals surface area (Å²) in [6.07, 6.45) is 0.909. The first-order valence-electron chi connectivity index (χ1n) is 3.65. The monoisotopic (exact) mass is 142 g/mol. The number of rotatable bonds is 3. The van der Waals surface area contributed by atoms with E-state index in [9.17, 15) is 4.79 Å². The van der Waals surface area contributed by atoms with E-state index in [0.29, 0.717) is 5.82 Å². The second-order valence-electron chi connectivity index (χ2n) is 3.05. The van der Waals surface area contributed by atoms with E-state index in [0.717, 1.165) is 6.42 Å². The van der Waals surface area contributed by atoms with Crippen LogP contribution in [0.4, 0.5) is 0 Å². The van der Waals surface area contributed by atoms with Gasteiger partial charge in [-0.15, -0.1) is 0 Å². The van der Waals surface area contributed by atoms with Gasteiger partial charge in [-0.2, -0.15) is 0 Å². The molecule has 3 heteroatoms. The van der Waals surface area contributed by atoms with Gasteiger partial charge in [-0.3, -0.25) is 4.79 Å². The SMILES string of the molecule is B[C@H](C)CC(C)C(=O)OC. The van der Waals surface area contributed by atoms with Crippen molar-refractivity contribution in [2.24, 2.45) is 5.92 Å². The van der Waals surface area contributed by atoms with E-state index in [4.69, 9.17) is 0 Å². The van der Waals surface area contributed by atoms with Crippen molar-refractivity contribution in [3.8, 4) is 0 Å². The number of esters is 1. The molecule has 2 atom stereocenters. The zero-order chi connectivity index (χ0) is 8.15. The Morgan fingerprint density at radius 2 is 2.10 bits per heavy atom. The van der Waals surface area contributed by atoms with Gasteiger partial charge in [0, 0.05) is 0 Å². The zero-order valence-electron chi connectivity index (χ0n) is 7.18. The number of carbonyl (C=O) groups excluding carboxylic acids is 1. The summed E-state index contributed by atoms with van der Waals surface area (Å²) in [6.45, 7) is 3.99. The van der Waals surface area contributed by atoms with Gasteiger partial charge in [-0.05, 0) is 6.42 Å². The van der Waals surface area contributed by atoms with Crippen LogP contribution in [0.15, 0.2) is 0 Å². The molecule has 0 aliphatic heterocycles. The minimum atomic E-state index is -0.103. The molecule has 0 saturated heterocycles. The second kappa shape index (κ2) is 4.37. The van der Waals surface area contributed by atoms with Crippen molar-refractivity contribution in [3.63, 3.8) is 0 Å². The van der Waals surface area contributed by atoms with Crippen molar-refractivity contribution in [3.05, 3.63) is 0 Å². The van der Waals surface area contributed by atoms with Crippen molar-refractivity contribution in [1.29, 1.82) is 0 Å². The lowest BCUT2D eigenvalue weighted by Gasteiger charge is -2.10. The van der Waals surface area contributed by atoms with E-state index in [2.05, 4.69) is 19.5 Å². The molecule has 0 bridgehead atoms. The molecule has 0 radical (unpaired) electrons. The Balaban J connectivity index is 3.61. The minimum Gasteiger partial charge on any atom is -0.469 e. The summed E-state index contributed by atoms with van der Waals surface area (Å²) < 4.78 is 4.57. The standard InChI is InChI=1S/C7H15BO2/c1-5(4-6(2)8)7(9)10-3/h5-6H,4,8H2,1-3H3/t5?,6-/m1/s1. The highest BCUT2D eigenvalue weighted by atomic mass is 16.5. The second-order valence-corrected chi connectivity index (χ2v) is 3.05. The van der Waals surface area contributed by atoms with E-state index in [1.165, 1.54) is 7.11 Å². The van der Waals surface area contributed by atoms with Gasteiger partial charge in [-0.25, -0.2) is 0 Å². The Kier molecular flexibility index (Phi) is 4.16. The average molecular weight is 142 g/mol. The molecule has 0 saturated carbocycles. The van der Waals surface area contributed by atoms with Crippen molar-refractivity contribution in [2.45, 2.75) is 26.1 Å². The Labute approximate surface area is 63.4 Å². The highest BCUT2D eigenvalue weighted by Gasteiger charge is 2.13. The summed E-state index contributed by atoms with van der Waals surface area (Å²) in [7, 11) is 3.53. The molecule has 2 nitrogen and oxygen atoms in total.